The van der Waals surface area contributed by atoms with Crippen LogP contribution in [0, 0.1) is 5.92 Å². The Balaban J connectivity index is 2.06. The van der Waals surface area contributed by atoms with Crippen LogP contribution in [-0.2, 0) is 10.0 Å². The summed E-state index contributed by atoms with van der Waals surface area (Å²) in [6.07, 6.45) is 3.45. The van der Waals surface area contributed by atoms with Gasteiger partial charge in [-0.1, -0.05) is 19.1 Å². The van der Waals surface area contributed by atoms with Gasteiger partial charge in [0.1, 0.15) is 4.90 Å². The Kier molecular flexibility index (Phi) is 3.89. The van der Waals surface area contributed by atoms with Gasteiger partial charge in [0.2, 0.25) is 0 Å². The zero-order valence-electron chi connectivity index (χ0n) is 13.0. The molecular formula is C16H22N2O3S. The van der Waals surface area contributed by atoms with Gasteiger partial charge in [-0.2, -0.15) is 0 Å². The first kappa shape index (κ1) is 15.3. The zero-order chi connectivity index (χ0) is 15.9. The Morgan fingerprint density at radius 3 is 2.41 bits per heavy atom. The third-order valence-electron chi connectivity index (χ3n) is 4.75. The van der Waals surface area contributed by atoms with E-state index in [9.17, 15) is 13.2 Å². The number of urea groups is 1. The van der Waals surface area contributed by atoms with Gasteiger partial charge < -0.3 is 0 Å². The summed E-state index contributed by atoms with van der Waals surface area (Å²) in [6.45, 7) is 4.51. The first-order chi connectivity index (χ1) is 10.5. The van der Waals surface area contributed by atoms with Crippen LogP contribution < -0.4 is 4.90 Å². The number of hydrogen-bond donors (Lipinski definition) is 0. The molecule has 2 amide bonds. The molecule has 0 saturated heterocycles. The number of para-hydroxylation sites is 1. The van der Waals surface area contributed by atoms with Crippen LogP contribution in [0.25, 0.3) is 0 Å². The predicted molar refractivity (Wildman–Crippen MR) is 85.3 cm³/mol. The lowest BCUT2D eigenvalue weighted by Crippen LogP contribution is -2.55. The third kappa shape index (κ3) is 2.29. The van der Waals surface area contributed by atoms with Crippen molar-refractivity contribution in [2.75, 3.05) is 11.4 Å². The summed E-state index contributed by atoms with van der Waals surface area (Å²) in [5.41, 5.74) is 0.496. The second-order valence-electron chi connectivity index (χ2n) is 6.21. The fraction of sp³-hybridized carbons (Fsp3) is 0.562. The first-order valence-corrected chi connectivity index (χ1v) is 9.35. The topological polar surface area (TPSA) is 57.7 Å². The molecule has 6 heteroatoms. The summed E-state index contributed by atoms with van der Waals surface area (Å²) >= 11 is 0. The second-order valence-corrected chi connectivity index (χ2v) is 7.99. The van der Waals surface area contributed by atoms with Gasteiger partial charge in [-0.05, 0) is 50.7 Å². The largest absolute Gasteiger partial charge is 0.338 e. The Morgan fingerprint density at radius 1 is 1.14 bits per heavy atom. The van der Waals surface area contributed by atoms with Crippen LogP contribution in [0.4, 0.5) is 10.5 Å². The lowest BCUT2D eigenvalue weighted by Gasteiger charge is -2.41. The number of nitrogens with zero attached hydrogens (tertiary/aromatic N) is 2. The fourth-order valence-corrected chi connectivity index (χ4v) is 5.28. The molecule has 2 aliphatic rings. The minimum absolute atomic E-state index is 0.212. The molecule has 0 atom stereocenters. The van der Waals surface area contributed by atoms with Crippen molar-refractivity contribution in [2.24, 2.45) is 5.92 Å². The maximum absolute atomic E-state index is 12.9. The molecule has 120 valence electrons. The van der Waals surface area contributed by atoms with Gasteiger partial charge in [-0.15, -0.1) is 0 Å². The molecule has 0 aromatic heterocycles. The molecule has 0 unspecified atom stereocenters. The Hall–Kier alpha value is -1.56. The van der Waals surface area contributed by atoms with Crippen LogP contribution in [0.1, 0.15) is 39.5 Å². The van der Waals surface area contributed by atoms with E-state index in [0.29, 0.717) is 18.2 Å². The number of carbonyl (C=O) groups is 1. The van der Waals surface area contributed by atoms with Crippen molar-refractivity contribution in [3.05, 3.63) is 24.3 Å². The maximum atomic E-state index is 12.9. The van der Waals surface area contributed by atoms with E-state index < -0.39 is 16.1 Å². The smallest absolute Gasteiger partial charge is 0.292 e. The van der Waals surface area contributed by atoms with E-state index in [1.165, 1.54) is 0 Å². The van der Waals surface area contributed by atoms with Gasteiger partial charge in [0.05, 0.1) is 11.7 Å². The second kappa shape index (κ2) is 5.57. The molecule has 0 bridgehead atoms. The molecule has 1 heterocycles. The normalized spacial score (nSPS) is 27.6. The highest BCUT2D eigenvalue weighted by Gasteiger charge is 2.44. The molecular weight excluding hydrogens is 300 g/mol. The molecule has 1 saturated carbocycles. The quantitative estimate of drug-likeness (QED) is 0.840. The van der Waals surface area contributed by atoms with Gasteiger partial charge in [0.25, 0.3) is 10.0 Å². The number of hydrogen-bond acceptors (Lipinski definition) is 3. The first-order valence-electron chi connectivity index (χ1n) is 7.91. The molecule has 1 aliphatic heterocycles. The minimum Gasteiger partial charge on any atom is -0.292 e. The fourth-order valence-electron chi connectivity index (χ4n) is 3.46. The number of carbonyl (C=O) groups excluding carboxylic acids is 1. The summed E-state index contributed by atoms with van der Waals surface area (Å²) in [5, 5.41) is 0. The minimum atomic E-state index is -3.75. The highest BCUT2D eigenvalue weighted by molar-refractivity contribution is 7.90. The van der Waals surface area contributed by atoms with E-state index in [-0.39, 0.29) is 10.9 Å². The van der Waals surface area contributed by atoms with E-state index in [2.05, 4.69) is 6.92 Å². The molecule has 0 N–H and O–H groups in total. The van der Waals surface area contributed by atoms with Crippen molar-refractivity contribution in [2.45, 2.75) is 50.5 Å². The SMILES string of the molecule is CCN1C(=O)N(C2CCC(C)CC2)S(=O)(=O)c2ccccc21. The summed E-state index contributed by atoms with van der Waals surface area (Å²) in [6, 6.07) is 6.16. The van der Waals surface area contributed by atoms with Crippen molar-refractivity contribution >= 4 is 21.7 Å². The number of fused-ring (bicyclic) bond motifs is 1. The number of amides is 2. The van der Waals surface area contributed by atoms with Crippen molar-refractivity contribution in [1.82, 2.24) is 4.31 Å². The van der Waals surface area contributed by atoms with Crippen LogP contribution in [0.2, 0.25) is 0 Å². The van der Waals surface area contributed by atoms with Crippen LogP contribution in [0.3, 0.4) is 0 Å². The van der Waals surface area contributed by atoms with Crippen molar-refractivity contribution in [3.8, 4) is 0 Å². The number of benzene rings is 1. The van der Waals surface area contributed by atoms with Gasteiger partial charge in [-0.25, -0.2) is 17.5 Å². The van der Waals surface area contributed by atoms with Gasteiger partial charge in [0.15, 0.2) is 0 Å². The molecule has 0 radical (unpaired) electrons. The molecule has 1 aliphatic carbocycles. The van der Waals surface area contributed by atoms with E-state index in [4.69, 9.17) is 0 Å². The van der Waals surface area contributed by atoms with Crippen molar-refractivity contribution in [1.29, 1.82) is 0 Å². The van der Waals surface area contributed by atoms with E-state index in [0.717, 1.165) is 30.0 Å². The van der Waals surface area contributed by atoms with Crippen LogP contribution in [0.5, 0.6) is 0 Å². The summed E-state index contributed by atoms with van der Waals surface area (Å²) < 4.78 is 27.0. The average Bonchev–Trinajstić information content (AvgIpc) is 2.49. The third-order valence-corrected chi connectivity index (χ3v) is 6.62. The molecule has 1 fully saturated rings. The van der Waals surface area contributed by atoms with Crippen molar-refractivity contribution in [3.63, 3.8) is 0 Å². The van der Waals surface area contributed by atoms with Crippen LogP contribution >= 0.6 is 0 Å². The van der Waals surface area contributed by atoms with Crippen molar-refractivity contribution < 1.29 is 13.2 Å². The Bertz CT molecular complexity index is 678. The molecule has 3 rings (SSSR count). The predicted octanol–water partition coefficient (Wildman–Crippen LogP) is 3.22. The van der Waals surface area contributed by atoms with E-state index in [1.54, 1.807) is 29.2 Å². The van der Waals surface area contributed by atoms with Crippen LogP contribution in [-0.4, -0.2) is 31.3 Å². The molecule has 0 spiro atoms. The van der Waals surface area contributed by atoms with Crippen LogP contribution in [0.15, 0.2) is 29.2 Å². The lowest BCUT2D eigenvalue weighted by atomic mass is 9.87. The number of rotatable bonds is 2. The Morgan fingerprint density at radius 2 is 1.77 bits per heavy atom. The summed E-state index contributed by atoms with van der Waals surface area (Å²) in [4.78, 5) is 14.6. The lowest BCUT2D eigenvalue weighted by molar-refractivity contribution is 0.195. The Labute approximate surface area is 132 Å². The molecule has 5 nitrogen and oxygen atoms in total. The number of anilines is 1. The molecule has 1 aromatic rings. The number of sulfonamides is 1. The maximum Gasteiger partial charge on any atom is 0.338 e. The van der Waals surface area contributed by atoms with E-state index in [1.807, 2.05) is 6.92 Å². The highest BCUT2D eigenvalue weighted by atomic mass is 32.2. The van der Waals surface area contributed by atoms with E-state index >= 15 is 0 Å². The van der Waals surface area contributed by atoms with Gasteiger partial charge >= 0.3 is 6.03 Å². The summed E-state index contributed by atoms with van der Waals surface area (Å²) in [5.74, 6) is 0.605. The molecule has 22 heavy (non-hydrogen) atoms. The van der Waals surface area contributed by atoms with Gasteiger partial charge in [0, 0.05) is 6.54 Å². The average molecular weight is 322 g/mol. The highest BCUT2D eigenvalue weighted by Crippen LogP contribution is 2.38. The van der Waals surface area contributed by atoms with Gasteiger partial charge in [-0.3, -0.25) is 4.90 Å². The summed E-state index contributed by atoms with van der Waals surface area (Å²) in [7, 11) is -3.75. The molecule has 1 aromatic carbocycles. The zero-order valence-corrected chi connectivity index (χ0v) is 13.8. The monoisotopic (exact) mass is 322 g/mol. The standard InChI is InChI=1S/C16H22N2O3S/c1-3-17-14-6-4-5-7-15(14)22(20,21)18(16(17)19)13-10-8-12(2)9-11-13/h4-7,12-13H,3,8-11H2,1-2H3.